The molecule has 0 atom stereocenters. The first-order valence-corrected chi connectivity index (χ1v) is 9.23. The Hall–Kier alpha value is -2.93. The van der Waals surface area contributed by atoms with E-state index in [0.29, 0.717) is 19.7 Å². The van der Waals surface area contributed by atoms with Gasteiger partial charge < -0.3 is 10.1 Å². The van der Waals surface area contributed by atoms with E-state index < -0.39 is 0 Å². The Morgan fingerprint density at radius 1 is 1.04 bits per heavy atom. The zero-order valence-electron chi connectivity index (χ0n) is 14.1. The number of hydrogen-bond acceptors (Lipinski definition) is 6. The molecule has 0 saturated carbocycles. The van der Waals surface area contributed by atoms with Crippen LogP contribution >= 0.6 is 11.3 Å². The number of carbonyl (C=O) groups is 1. The Kier molecular flexibility index (Phi) is 4.79. The van der Waals surface area contributed by atoms with Crippen molar-refractivity contribution >= 4 is 28.2 Å². The maximum atomic E-state index is 11.6. The summed E-state index contributed by atoms with van der Waals surface area (Å²) in [4.78, 5) is 13.2. The summed E-state index contributed by atoms with van der Waals surface area (Å²) in [5.41, 5.74) is 3.20. The zero-order valence-corrected chi connectivity index (χ0v) is 14.9. The Morgan fingerprint density at radius 3 is 2.58 bits per heavy atom. The van der Waals surface area contributed by atoms with E-state index >= 15 is 0 Å². The first-order chi connectivity index (χ1) is 12.8. The highest BCUT2D eigenvalue weighted by atomic mass is 32.1. The molecule has 0 aliphatic carbocycles. The van der Waals surface area contributed by atoms with Crippen molar-refractivity contribution in [2.24, 2.45) is 0 Å². The van der Waals surface area contributed by atoms with Crippen LogP contribution in [0.3, 0.4) is 0 Å². The van der Waals surface area contributed by atoms with Crippen LogP contribution in [0.5, 0.6) is 0 Å². The van der Waals surface area contributed by atoms with Crippen molar-refractivity contribution in [3.63, 3.8) is 0 Å². The van der Waals surface area contributed by atoms with Gasteiger partial charge in [0, 0.05) is 18.7 Å². The highest BCUT2D eigenvalue weighted by Gasteiger charge is 2.23. The predicted molar refractivity (Wildman–Crippen MR) is 102 cm³/mol. The molecule has 2 heterocycles. The lowest BCUT2D eigenvalue weighted by molar-refractivity contribution is 0.181. The van der Waals surface area contributed by atoms with E-state index in [0.717, 1.165) is 27.8 Å². The molecule has 1 aromatic heterocycles. The summed E-state index contributed by atoms with van der Waals surface area (Å²) in [6.45, 7) is 1.71. The van der Waals surface area contributed by atoms with Gasteiger partial charge in [-0.25, -0.2) is 4.79 Å². The number of amides is 1. The van der Waals surface area contributed by atoms with Gasteiger partial charge in [0.05, 0.1) is 6.54 Å². The molecule has 132 valence electrons. The third kappa shape index (κ3) is 3.83. The summed E-state index contributed by atoms with van der Waals surface area (Å²) in [7, 11) is 0. The third-order valence-electron chi connectivity index (χ3n) is 4.12. The molecular formula is C19H18N4O2S. The van der Waals surface area contributed by atoms with E-state index in [2.05, 4.69) is 27.6 Å². The number of aromatic nitrogens is 2. The molecule has 1 amide bonds. The van der Waals surface area contributed by atoms with E-state index in [1.165, 1.54) is 5.56 Å². The van der Waals surface area contributed by atoms with E-state index in [-0.39, 0.29) is 6.09 Å². The molecule has 0 spiro atoms. The number of anilines is 2. The lowest BCUT2D eigenvalue weighted by Gasteiger charge is -2.13. The Labute approximate surface area is 155 Å². The van der Waals surface area contributed by atoms with Crippen molar-refractivity contribution in [2.75, 3.05) is 23.4 Å². The van der Waals surface area contributed by atoms with Crippen LogP contribution in [0.25, 0.3) is 0 Å². The molecule has 0 bridgehead atoms. The molecule has 7 heteroatoms. The van der Waals surface area contributed by atoms with Gasteiger partial charge in [-0.05, 0) is 23.3 Å². The Morgan fingerprint density at radius 2 is 1.85 bits per heavy atom. The summed E-state index contributed by atoms with van der Waals surface area (Å²) < 4.78 is 4.96. The molecule has 1 aliphatic rings. The molecule has 26 heavy (non-hydrogen) atoms. The van der Waals surface area contributed by atoms with E-state index in [1.54, 1.807) is 16.2 Å². The molecule has 1 fully saturated rings. The molecule has 0 radical (unpaired) electrons. The summed E-state index contributed by atoms with van der Waals surface area (Å²) in [5, 5.41) is 13.6. The molecule has 1 N–H and O–H groups in total. The van der Waals surface area contributed by atoms with Crippen LogP contribution in [-0.4, -0.2) is 29.4 Å². The number of rotatable bonds is 6. The van der Waals surface area contributed by atoms with Gasteiger partial charge in [-0.2, -0.15) is 0 Å². The maximum absolute atomic E-state index is 11.6. The summed E-state index contributed by atoms with van der Waals surface area (Å²) >= 11 is 1.57. The normalized spacial score (nSPS) is 13.7. The average Bonchev–Trinajstić information content (AvgIpc) is 3.30. The van der Waals surface area contributed by atoms with Gasteiger partial charge in [0.15, 0.2) is 0 Å². The molecule has 1 aliphatic heterocycles. The maximum Gasteiger partial charge on any atom is 0.414 e. The van der Waals surface area contributed by atoms with E-state index in [1.807, 2.05) is 42.5 Å². The van der Waals surface area contributed by atoms with Crippen LogP contribution < -0.4 is 10.2 Å². The SMILES string of the molecule is O=C1OCCN1c1ccc(CNc2nnc(Cc3ccccc3)s2)cc1. The Balaban J connectivity index is 1.33. The van der Waals surface area contributed by atoms with Gasteiger partial charge in [0.25, 0.3) is 0 Å². The van der Waals surface area contributed by atoms with Crippen LogP contribution in [0.2, 0.25) is 0 Å². The van der Waals surface area contributed by atoms with Crippen LogP contribution in [0.1, 0.15) is 16.1 Å². The van der Waals surface area contributed by atoms with Gasteiger partial charge >= 0.3 is 6.09 Å². The van der Waals surface area contributed by atoms with Crippen molar-refractivity contribution in [2.45, 2.75) is 13.0 Å². The van der Waals surface area contributed by atoms with Crippen LogP contribution in [0.15, 0.2) is 54.6 Å². The molecule has 1 saturated heterocycles. The van der Waals surface area contributed by atoms with Crippen molar-refractivity contribution in [1.29, 1.82) is 0 Å². The highest BCUT2D eigenvalue weighted by molar-refractivity contribution is 7.15. The fourth-order valence-corrected chi connectivity index (χ4v) is 3.54. The van der Waals surface area contributed by atoms with Gasteiger partial charge in [0.1, 0.15) is 11.6 Å². The van der Waals surface area contributed by atoms with Crippen LogP contribution in [0.4, 0.5) is 15.6 Å². The van der Waals surface area contributed by atoms with Crippen molar-refractivity contribution in [3.8, 4) is 0 Å². The largest absolute Gasteiger partial charge is 0.447 e. The minimum Gasteiger partial charge on any atom is -0.447 e. The fraction of sp³-hybridized carbons (Fsp3) is 0.211. The number of carbonyl (C=O) groups excluding carboxylic acids is 1. The van der Waals surface area contributed by atoms with Gasteiger partial charge in [0.2, 0.25) is 5.13 Å². The monoisotopic (exact) mass is 366 g/mol. The predicted octanol–water partition coefficient (Wildman–Crippen LogP) is 3.70. The van der Waals surface area contributed by atoms with Crippen molar-refractivity contribution in [1.82, 2.24) is 10.2 Å². The van der Waals surface area contributed by atoms with Gasteiger partial charge in [-0.1, -0.05) is 53.8 Å². The lowest BCUT2D eigenvalue weighted by atomic mass is 10.2. The first kappa shape index (κ1) is 16.5. The number of nitrogens with zero attached hydrogens (tertiary/aromatic N) is 3. The average molecular weight is 366 g/mol. The second-order valence-corrected chi connectivity index (χ2v) is 7.01. The van der Waals surface area contributed by atoms with Crippen molar-refractivity contribution in [3.05, 3.63) is 70.7 Å². The number of ether oxygens (including phenoxy) is 1. The number of benzene rings is 2. The second kappa shape index (κ2) is 7.53. The highest BCUT2D eigenvalue weighted by Crippen LogP contribution is 2.21. The minimum atomic E-state index is -0.282. The molecule has 2 aromatic carbocycles. The second-order valence-electron chi connectivity index (χ2n) is 5.95. The summed E-state index contributed by atoms with van der Waals surface area (Å²) in [6.07, 6.45) is 0.511. The van der Waals surface area contributed by atoms with Crippen LogP contribution in [-0.2, 0) is 17.7 Å². The molecular weight excluding hydrogens is 348 g/mol. The topological polar surface area (TPSA) is 67.3 Å². The summed E-state index contributed by atoms with van der Waals surface area (Å²) in [5.74, 6) is 0. The molecule has 0 unspecified atom stereocenters. The molecule has 6 nitrogen and oxygen atoms in total. The number of nitrogens with one attached hydrogen (secondary N) is 1. The first-order valence-electron chi connectivity index (χ1n) is 8.41. The van der Waals surface area contributed by atoms with E-state index in [4.69, 9.17) is 4.74 Å². The minimum absolute atomic E-state index is 0.282. The van der Waals surface area contributed by atoms with Gasteiger partial charge in [-0.3, -0.25) is 4.90 Å². The van der Waals surface area contributed by atoms with E-state index in [9.17, 15) is 4.79 Å². The Bertz CT molecular complexity index is 880. The standard InChI is InChI=1S/C19H18N4O2S/c24-19-23(10-11-25-19)16-8-6-15(7-9-16)13-20-18-22-21-17(26-18)12-14-4-2-1-3-5-14/h1-9H,10-13H2,(H,20,22). The summed E-state index contributed by atoms with van der Waals surface area (Å²) in [6, 6.07) is 18.1. The molecule has 4 rings (SSSR count). The zero-order chi connectivity index (χ0) is 17.8. The van der Waals surface area contributed by atoms with Gasteiger partial charge in [-0.15, -0.1) is 10.2 Å². The quantitative estimate of drug-likeness (QED) is 0.720. The smallest absolute Gasteiger partial charge is 0.414 e. The lowest BCUT2D eigenvalue weighted by Crippen LogP contribution is -2.23. The van der Waals surface area contributed by atoms with Crippen LogP contribution in [0, 0.1) is 0 Å². The number of cyclic esters (lactones) is 1. The third-order valence-corrected chi connectivity index (χ3v) is 5.00. The fourth-order valence-electron chi connectivity index (χ4n) is 2.77. The number of hydrogen-bond donors (Lipinski definition) is 1. The molecule has 3 aromatic rings. The van der Waals surface area contributed by atoms with Crippen molar-refractivity contribution < 1.29 is 9.53 Å².